The Hall–Kier alpha value is -2.10. The first-order valence-corrected chi connectivity index (χ1v) is 7.29. The topological polar surface area (TPSA) is 37.0 Å². The highest BCUT2D eigenvalue weighted by atomic mass is 19.1. The van der Waals surface area contributed by atoms with Gasteiger partial charge in [0.05, 0.1) is 0 Å². The van der Waals surface area contributed by atoms with Crippen LogP contribution in [0.25, 0.3) is 0 Å². The van der Waals surface area contributed by atoms with Crippen LogP contribution in [0.5, 0.6) is 0 Å². The third-order valence-corrected chi connectivity index (χ3v) is 3.31. The first-order valence-electron chi connectivity index (χ1n) is 7.29. The number of hydrogen-bond acceptors (Lipinski definition) is 3. The van der Waals surface area contributed by atoms with Gasteiger partial charge in [0, 0.05) is 31.0 Å². The number of aryl methyl sites for hydroxylation is 2. The maximum Gasteiger partial charge on any atom is 0.129 e. The minimum atomic E-state index is -0.117. The van der Waals surface area contributed by atoms with Gasteiger partial charge in [-0.2, -0.15) is 0 Å². The Morgan fingerprint density at radius 2 is 1.81 bits per heavy atom. The predicted molar refractivity (Wildman–Crippen MR) is 86.2 cm³/mol. The van der Waals surface area contributed by atoms with Gasteiger partial charge in [0.2, 0.25) is 0 Å². The van der Waals surface area contributed by atoms with Crippen LogP contribution in [0.1, 0.15) is 30.0 Å². The average molecular weight is 287 g/mol. The standard InChI is InChI=1S/C17H22FN3/c1-4-6-19-16-10-15(5-7-20-16)21-11-14-8-12(2)17(18)13(3)9-14/h5,7-10H,4,6,11H2,1-3H3,(H2,19,20,21). The van der Waals surface area contributed by atoms with Crippen molar-refractivity contribution in [2.45, 2.75) is 33.7 Å². The molecule has 21 heavy (non-hydrogen) atoms. The number of pyridine rings is 1. The summed E-state index contributed by atoms with van der Waals surface area (Å²) in [6.45, 7) is 7.29. The lowest BCUT2D eigenvalue weighted by molar-refractivity contribution is 0.608. The van der Waals surface area contributed by atoms with E-state index in [0.29, 0.717) is 17.7 Å². The smallest absolute Gasteiger partial charge is 0.129 e. The second kappa shape index (κ2) is 7.07. The number of nitrogens with zero attached hydrogens (tertiary/aromatic N) is 1. The molecule has 2 aromatic rings. The summed E-state index contributed by atoms with van der Waals surface area (Å²) in [7, 11) is 0. The molecule has 2 N–H and O–H groups in total. The van der Waals surface area contributed by atoms with Gasteiger partial charge < -0.3 is 10.6 Å². The fourth-order valence-corrected chi connectivity index (χ4v) is 2.23. The lowest BCUT2D eigenvalue weighted by atomic mass is 10.1. The molecule has 1 aromatic heterocycles. The molecular formula is C17H22FN3. The van der Waals surface area contributed by atoms with Crippen molar-refractivity contribution in [2.24, 2.45) is 0 Å². The molecule has 0 radical (unpaired) electrons. The molecule has 0 saturated heterocycles. The van der Waals surface area contributed by atoms with Crippen molar-refractivity contribution in [1.82, 2.24) is 4.98 Å². The van der Waals surface area contributed by atoms with Crippen molar-refractivity contribution in [3.63, 3.8) is 0 Å². The van der Waals surface area contributed by atoms with E-state index in [1.807, 2.05) is 24.3 Å². The molecule has 1 heterocycles. The van der Waals surface area contributed by atoms with E-state index in [0.717, 1.165) is 30.0 Å². The largest absolute Gasteiger partial charge is 0.381 e. The van der Waals surface area contributed by atoms with E-state index >= 15 is 0 Å². The van der Waals surface area contributed by atoms with Crippen molar-refractivity contribution in [2.75, 3.05) is 17.2 Å². The van der Waals surface area contributed by atoms with Crippen LogP contribution in [-0.4, -0.2) is 11.5 Å². The van der Waals surface area contributed by atoms with Crippen molar-refractivity contribution in [3.05, 3.63) is 53.0 Å². The van der Waals surface area contributed by atoms with E-state index in [2.05, 4.69) is 22.5 Å². The zero-order valence-corrected chi connectivity index (χ0v) is 12.8. The molecular weight excluding hydrogens is 265 g/mol. The Labute approximate surface area is 125 Å². The van der Waals surface area contributed by atoms with Gasteiger partial charge in [0.1, 0.15) is 11.6 Å². The Balaban J connectivity index is 2.03. The summed E-state index contributed by atoms with van der Waals surface area (Å²) < 4.78 is 13.6. The fourth-order valence-electron chi connectivity index (χ4n) is 2.23. The maximum atomic E-state index is 13.6. The molecule has 0 fully saturated rings. The van der Waals surface area contributed by atoms with E-state index in [4.69, 9.17) is 0 Å². The second-order valence-electron chi connectivity index (χ2n) is 5.25. The molecule has 0 bridgehead atoms. The van der Waals surface area contributed by atoms with Crippen molar-refractivity contribution in [1.29, 1.82) is 0 Å². The minimum Gasteiger partial charge on any atom is -0.381 e. The van der Waals surface area contributed by atoms with Gasteiger partial charge in [0.25, 0.3) is 0 Å². The third-order valence-electron chi connectivity index (χ3n) is 3.31. The Bertz CT molecular complexity index is 588. The van der Waals surface area contributed by atoms with Gasteiger partial charge >= 0.3 is 0 Å². The molecule has 1 aromatic carbocycles. The van der Waals surface area contributed by atoms with Crippen LogP contribution < -0.4 is 10.6 Å². The summed E-state index contributed by atoms with van der Waals surface area (Å²) in [5.41, 5.74) is 3.45. The number of hydrogen-bond donors (Lipinski definition) is 2. The summed E-state index contributed by atoms with van der Waals surface area (Å²) in [6, 6.07) is 7.68. The van der Waals surface area contributed by atoms with Crippen LogP contribution in [0.4, 0.5) is 15.9 Å². The minimum absolute atomic E-state index is 0.117. The number of nitrogens with one attached hydrogen (secondary N) is 2. The van der Waals surface area contributed by atoms with Gasteiger partial charge in [-0.1, -0.05) is 19.1 Å². The normalized spacial score (nSPS) is 10.5. The molecule has 0 saturated carbocycles. The number of halogens is 1. The highest BCUT2D eigenvalue weighted by Crippen LogP contribution is 2.17. The van der Waals surface area contributed by atoms with Gasteiger partial charge in [-0.3, -0.25) is 0 Å². The monoisotopic (exact) mass is 287 g/mol. The van der Waals surface area contributed by atoms with Crippen molar-refractivity contribution in [3.8, 4) is 0 Å². The molecule has 4 heteroatoms. The zero-order valence-electron chi connectivity index (χ0n) is 12.8. The molecule has 0 spiro atoms. The molecule has 112 valence electrons. The predicted octanol–water partition coefficient (Wildman–Crippen LogP) is 4.27. The van der Waals surface area contributed by atoms with Crippen molar-refractivity contribution >= 4 is 11.5 Å². The summed E-state index contributed by atoms with van der Waals surface area (Å²) >= 11 is 0. The first kappa shape index (κ1) is 15.3. The average Bonchev–Trinajstić information content (AvgIpc) is 2.49. The molecule has 0 unspecified atom stereocenters. The summed E-state index contributed by atoms with van der Waals surface area (Å²) in [4.78, 5) is 4.27. The van der Waals surface area contributed by atoms with Gasteiger partial charge in [-0.05, 0) is 43.0 Å². The second-order valence-corrected chi connectivity index (χ2v) is 5.25. The Kier molecular flexibility index (Phi) is 5.14. The van der Waals surface area contributed by atoms with Crippen LogP contribution in [0, 0.1) is 19.7 Å². The lowest BCUT2D eigenvalue weighted by Gasteiger charge is -2.11. The van der Waals surface area contributed by atoms with E-state index < -0.39 is 0 Å². The summed E-state index contributed by atoms with van der Waals surface area (Å²) in [6.07, 6.45) is 2.84. The number of rotatable bonds is 6. The Morgan fingerprint density at radius 1 is 1.10 bits per heavy atom. The highest BCUT2D eigenvalue weighted by molar-refractivity contribution is 5.52. The highest BCUT2D eigenvalue weighted by Gasteiger charge is 2.04. The number of benzene rings is 1. The molecule has 3 nitrogen and oxygen atoms in total. The lowest BCUT2D eigenvalue weighted by Crippen LogP contribution is -2.04. The van der Waals surface area contributed by atoms with Crippen LogP contribution >= 0.6 is 0 Å². The summed E-state index contributed by atoms with van der Waals surface area (Å²) in [5, 5.41) is 6.61. The Morgan fingerprint density at radius 3 is 2.48 bits per heavy atom. The SMILES string of the molecule is CCCNc1cc(NCc2cc(C)c(F)c(C)c2)ccn1. The van der Waals surface area contributed by atoms with Crippen LogP contribution in [0.15, 0.2) is 30.5 Å². The maximum absolute atomic E-state index is 13.6. The van der Waals surface area contributed by atoms with Gasteiger partial charge in [-0.25, -0.2) is 9.37 Å². The molecule has 2 rings (SSSR count). The van der Waals surface area contributed by atoms with Crippen LogP contribution in [0.3, 0.4) is 0 Å². The fraction of sp³-hybridized carbons (Fsp3) is 0.353. The van der Waals surface area contributed by atoms with Gasteiger partial charge in [-0.15, -0.1) is 0 Å². The molecule has 0 aliphatic heterocycles. The van der Waals surface area contributed by atoms with Crippen molar-refractivity contribution < 1.29 is 4.39 Å². The molecule has 0 amide bonds. The zero-order chi connectivity index (χ0) is 15.2. The van der Waals surface area contributed by atoms with Crippen LogP contribution in [-0.2, 0) is 6.54 Å². The number of aromatic nitrogens is 1. The third kappa shape index (κ3) is 4.18. The first-order chi connectivity index (χ1) is 10.1. The molecule has 0 aliphatic rings. The molecule has 0 aliphatic carbocycles. The van der Waals surface area contributed by atoms with Crippen LogP contribution in [0.2, 0.25) is 0 Å². The van der Waals surface area contributed by atoms with Gasteiger partial charge in [0.15, 0.2) is 0 Å². The van der Waals surface area contributed by atoms with E-state index in [1.165, 1.54) is 0 Å². The summed E-state index contributed by atoms with van der Waals surface area (Å²) in [5.74, 6) is 0.752. The van der Waals surface area contributed by atoms with E-state index in [-0.39, 0.29) is 5.82 Å². The van der Waals surface area contributed by atoms with E-state index in [9.17, 15) is 4.39 Å². The van der Waals surface area contributed by atoms with E-state index in [1.54, 1.807) is 20.0 Å². The molecule has 0 atom stereocenters. The quantitative estimate of drug-likeness (QED) is 0.833. The number of anilines is 2.